The van der Waals surface area contributed by atoms with E-state index < -0.39 is 0 Å². The fourth-order valence-electron chi connectivity index (χ4n) is 2.83. The number of hydrogen-bond donors (Lipinski definition) is 1. The predicted molar refractivity (Wildman–Crippen MR) is 118 cm³/mol. The van der Waals surface area contributed by atoms with Gasteiger partial charge in [0.15, 0.2) is 11.5 Å². The lowest BCUT2D eigenvalue weighted by Gasteiger charge is -2.28. The van der Waals surface area contributed by atoms with Crippen LogP contribution in [-0.2, 0) is 4.79 Å². The molecule has 152 valence electrons. The molecule has 0 radical (unpaired) electrons. The van der Waals surface area contributed by atoms with Gasteiger partial charge in [-0.15, -0.1) is 0 Å². The third-order valence-corrected chi connectivity index (χ3v) is 6.08. The first-order valence-electron chi connectivity index (χ1n) is 8.90. The van der Waals surface area contributed by atoms with E-state index in [1.807, 2.05) is 18.4 Å². The maximum Gasteiger partial charge on any atom is 0.293 e. The summed E-state index contributed by atoms with van der Waals surface area (Å²) < 4.78 is 6.39. The number of hydrogen-bond acceptors (Lipinski definition) is 6. The highest BCUT2D eigenvalue weighted by molar-refractivity contribution is 9.10. The molecule has 3 rings (SSSR count). The molecule has 0 aromatic heterocycles. The van der Waals surface area contributed by atoms with E-state index in [2.05, 4.69) is 41.3 Å². The summed E-state index contributed by atoms with van der Waals surface area (Å²) in [6.07, 6.45) is 7.45. The summed E-state index contributed by atoms with van der Waals surface area (Å²) in [5.74, 6) is -0.102. The minimum absolute atomic E-state index is 0.0272. The Morgan fingerprint density at radius 2 is 2.07 bits per heavy atom. The lowest BCUT2D eigenvalue weighted by atomic mass is 10.1. The van der Waals surface area contributed by atoms with Crippen LogP contribution in [-0.4, -0.2) is 45.7 Å². The second-order valence-corrected chi connectivity index (χ2v) is 8.75. The van der Waals surface area contributed by atoms with Crippen LogP contribution in [0.2, 0.25) is 0 Å². The summed E-state index contributed by atoms with van der Waals surface area (Å²) in [5, 5.41) is 9.92. The van der Waals surface area contributed by atoms with E-state index >= 15 is 0 Å². The fourth-order valence-corrected chi connectivity index (χ4v) is 4.10. The molecular weight excluding hydrogens is 456 g/mol. The van der Waals surface area contributed by atoms with Crippen molar-refractivity contribution in [1.29, 1.82) is 0 Å². The second-order valence-electron chi connectivity index (χ2n) is 6.90. The Morgan fingerprint density at radius 3 is 2.66 bits per heavy atom. The number of thioether (sulfide) groups is 1. The lowest BCUT2D eigenvalue weighted by molar-refractivity contribution is -0.121. The monoisotopic (exact) mass is 476 g/mol. The Labute approximate surface area is 182 Å². The average molecular weight is 477 g/mol. The van der Waals surface area contributed by atoms with Gasteiger partial charge in [-0.3, -0.25) is 14.5 Å². The Morgan fingerprint density at radius 1 is 1.34 bits per heavy atom. The number of imide groups is 1. The number of benzene rings is 1. The summed E-state index contributed by atoms with van der Waals surface area (Å²) in [5.41, 5.74) is 2.42. The molecule has 0 saturated carbocycles. The average Bonchev–Trinajstić information content (AvgIpc) is 2.89. The minimum Gasteiger partial charge on any atom is -0.504 e. The van der Waals surface area contributed by atoms with Gasteiger partial charge in [-0.25, -0.2) is 0 Å². The number of amides is 2. The zero-order valence-corrected chi connectivity index (χ0v) is 18.7. The van der Waals surface area contributed by atoms with E-state index in [0.29, 0.717) is 21.0 Å². The molecule has 2 amide bonds. The van der Waals surface area contributed by atoms with Crippen LogP contribution in [0.4, 0.5) is 4.79 Å². The Kier molecular flexibility index (Phi) is 6.24. The van der Waals surface area contributed by atoms with Crippen LogP contribution in [0, 0.1) is 0 Å². The van der Waals surface area contributed by atoms with Crippen LogP contribution in [0.5, 0.6) is 11.5 Å². The zero-order valence-electron chi connectivity index (χ0n) is 16.3. The van der Waals surface area contributed by atoms with Gasteiger partial charge in [0.1, 0.15) is 6.61 Å². The maximum absolute atomic E-state index is 12.1. The van der Waals surface area contributed by atoms with Crippen molar-refractivity contribution in [3.63, 3.8) is 0 Å². The molecular formula is C21H21BrN2O4S. The number of nitrogens with zero attached hydrogens (tertiary/aromatic N) is 2. The molecule has 1 N–H and O–H groups in total. The topological polar surface area (TPSA) is 70.1 Å². The molecule has 29 heavy (non-hydrogen) atoms. The largest absolute Gasteiger partial charge is 0.504 e. The van der Waals surface area contributed by atoms with Crippen molar-refractivity contribution in [2.24, 2.45) is 0 Å². The van der Waals surface area contributed by atoms with E-state index in [4.69, 9.17) is 4.74 Å². The number of aromatic hydroxyl groups is 1. The number of allylic oxidation sites excluding steroid dienone is 1. The third kappa shape index (κ3) is 4.59. The fraction of sp³-hybridized carbons (Fsp3) is 0.238. The number of carbonyl (C=O) groups is 2. The third-order valence-electron chi connectivity index (χ3n) is 4.43. The summed E-state index contributed by atoms with van der Waals surface area (Å²) in [6.45, 7) is 8.47. The van der Waals surface area contributed by atoms with Crippen molar-refractivity contribution in [1.82, 2.24) is 9.80 Å². The molecule has 2 aliphatic rings. The Hall–Kier alpha value is -2.45. The van der Waals surface area contributed by atoms with Gasteiger partial charge in [0.25, 0.3) is 11.1 Å². The van der Waals surface area contributed by atoms with Gasteiger partial charge in [-0.05, 0) is 67.1 Å². The molecule has 1 saturated heterocycles. The van der Waals surface area contributed by atoms with Gasteiger partial charge in [0.05, 0.1) is 4.91 Å². The highest BCUT2D eigenvalue weighted by Crippen LogP contribution is 2.37. The molecule has 2 heterocycles. The smallest absolute Gasteiger partial charge is 0.293 e. The molecule has 0 aliphatic carbocycles. The molecule has 6 nitrogen and oxygen atoms in total. The first-order chi connectivity index (χ1) is 13.7. The van der Waals surface area contributed by atoms with Crippen LogP contribution in [0.1, 0.15) is 19.4 Å². The van der Waals surface area contributed by atoms with Gasteiger partial charge in [-0.1, -0.05) is 22.5 Å². The van der Waals surface area contributed by atoms with Crippen LogP contribution in [0.15, 0.2) is 57.7 Å². The Balaban J connectivity index is 1.78. The predicted octanol–water partition coefficient (Wildman–Crippen LogP) is 4.88. The summed E-state index contributed by atoms with van der Waals surface area (Å²) in [7, 11) is 1.44. The number of likely N-dealkylation sites (N-methyl/N-ethyl adjacent to an activating group) is 1. The van der Waals surface area contributed by atoms with E-state index in [-0.39, 0.29) is 29.3 Å². The number of rotatable bonds is 5. The van der Waals surface area contributed by atoms with Gasteiger partial charge < -0.3 is 14.7 Å². The van der Waals surface area contributed by atoms with Crippen molar-refractivity contribution >= 4 is 44.9 Å². The quantitative estimate of drug-likeness (QED) is 0.610. The van der Waals surface area contributed by atoms with Crippen molar-refractivity contribution in [3.05, 3.63) is 63.3 Å². The summed E-state index contributed by atoms with van der Waals surface area (Å²) >= 11 is 4.25. The molecule has 8 heteroatoms. The van der Waals surface area contributed by atoms with Crippen LogP contribution in [0.3, 0.4) is 0 Å². The number of halogens is 1. The molecule has 1 aromatic carbocycles. The van der Waals surface area contributed by atoms with Crippen LogP contribution in [0.25, 0.3) is 6.08 Å². The minimum atomic E-state index is -0.354. The SMILES string of the molecule is C=C1C=C(COc2cc(/C=C3\SC(=O)N(C)C3=O)c(Br)cc2O)C=CN1C(C)C. The van der Waals surface area contributed by atoms with E-state index in [9.17, 15) is 14.7 Å². The maximum atomic E-state index is 12.1. The molecule has 1 fully saturated rings. The molecule has 0 spiro atoms. The van der Waals surface area contributed by atoms with Crippen LogP contribution >= 0.6 is 27.7 Å². The van der Waals surface area contributed by atoms with Gasteiger partial charge in [0, 0.05) is 29.5 Å². The number of carbonyl (C=O) groups excluding carboxylic acids is 2. The second kappa shape index (κ2) is 8.51. The van der Waals surface area contributed by atoms with E-state index in [1.54, 1.807) is 12.1 Å². The number of phenols is 1. The molecule has 1 aromatic rings. The van der Waals surface area contributed by atoms with E-state index in [1.165, 1.54) is 13.1 Å². The van der Waals surface area contributed by atoms with Crippen molar-refractivity contribution < 1.29 is 19.4 Å². The molecule has 0 atom stereocenters. The highest BCUT2D eigenvalue weighted by atomic mass is 79.9. The Bertz CT molecular complexity index is 981. The van der Waals surface area contributed by atoms with E-state index in [0.717, 1.165) is 27.9 Å². The molecule has 0 bridgehead atoms. The summed E-state index contributed by atoms with van der Waals surface area (Å²) in [6, 6.07) is 3.44. The molecule has 0 unspecified atom stereocenters. The van der Waals surface area contributed by atoms with Gasteiger partial charge in [0.2, 0.25) is 0 Å². The van der Waals surface area contributed by atoms with Crippen molar-refractivity contribution in [3.8, 4) is 11.5 Å². The first-order valence-corrected chi connectivity index (χ1v) is 10.5. The highest BCUT2D eigenvalue weighted by Gasteiger charge is 2.32. The lowest BCUT2D eigenvalue weighted by Crippen LogP contribution is -2.25. The van der Waals surface area contributed by atoms with Gasteiger partial charge >= 0.3 is 0 Å². The number of phenolic OH excluding ortho intramolecular Hbond substituents is 1. The number of ether oxygens (including phenoxy) is 1. The molecule has 2 aliphatic heterocycles. The standard InChI is InChI=1S/C21H21BrN2O4S/c1-12(2)24-6-5-14(7-13(24)3)11-28-18-8-15(16(22)10-17(18)25)9-19-20(26)23(4)21(27)29-19/h5-10,12,25H,3,11H2,1-2,4H3/b19-9-. The normalized spacial score (nSPS) is 18.3. The van der Waals surface area contributed by atoms with Crippen LogP contribution < -0.4 is 4.74 Å². The summed E-state index contributed by atoms with van der Waals surface area (Å²) in [4.78, 5) is 27.2. The van der Waals surface area contributed by atoms with Gasteiger partial charge in [-0.2, -0.15) is 0 Å². The van der Waals surface area contributed by atoms with Crippen molar-refractivity contribution in [2.45, 2.75) is 19.9 Å². The first kappa shape index (κ1) is 21.3. The van der Waals surface area contributed by atoms with Crippen molar-refractivity contribution in [2.75, 3.05) is 13.7 Å². The zero-order chi connectivity index (χ0) is 21.3.